The zero-order valence-corrected chi connectivity index (χ0v) is 20.4. The van der Waals surface area contributed by atoms with Gasteiger partial charge in [-0.15, -0.1) is 0 Å². The van der Waals surface area contributed by atoms with Gasteiger partial charge in [0.25, 0.3) is 0 Å². The number of aryl methyl sites for hydroxylation is 1. The Morgan fingerprint density at radius 1 is 1.14 bits per heavy atom. The summed E-state index contributed by atoms with van der Waals surface area (Å²) in [6.07, 6.45) is 1.15. The van der Waals surface area contributed by atoms with Crippen molar-refractivity contribution in [2.75, 3.05) is 11.9 Å². The lowest BCUT2D eigenvalue weighted by Gasteiger charge is -2.29. The highest BCUT2D eigenvalue weighted by molar-refractivity contribution is 6.31. The summed E-state index contributed by atoms with van der Waals surface area (Å²) < 4.78 is 10.7. The number of aromatic nitrogens is 1. The Bertz CT molecular complexity index is 1410. The zero-order chi connectivity index (χ0) is 26.5. The van der Waals surface area contributed by atoms with Gasteiger partial charge in [0.05, 0.1) is 16.8 Å². The Labute approximate surface area is 205 Å². The van der Waals surface area contributed by atoms with E-state index in [4.69, 9.17) is 9.26 Å². The largest absolute Gasteiger partial charge is 0.507 e. The number of carbonyl (C=O) groups is 4. The normalized spacial score (nSPS) is 19.8. The number of ketones is 3. The Morgan fingerprint density at radius 3 is 2.44 bits per heavy atom. The number of hydrogen-bond donors (Lipinski definition) is 4. The van der Waals surface area contributed by atoms with Gasteiger partial charge in [-0.25, -0.2) is 0 Å². The minimum absolute atomic E-state index is 0.0122. The molecular formula is C25H25N3O8. The summed E-state index contributed by atoms with van der Waals surface area (Å²) in [6.45, 7) is 7.48. The van der Waals surface area contributed by atoms with E-state index in [2.05, 4.69) is 15.8 Å². The van der Waals surface area contributed by atoms with Gasteiger partial charge in [-0.05, 0) is 34.6 Å². The van der Waals surface area contributed by atoms with Gasteiger partial charge in [0.2, 0.25) is 11.8 Å². The van der Waals surface area contributed by atoms with Crippen LogP contribution < -0.4 is 15.4 Å². The molecule has 11 heteroatoms. The summed E-state index contributed by atoms with van der Waals surface area (Å²) in [6, 6.07) is 1.57. The lowest BCUT2D eigenvalue weighted by Crippen LogP contribution is -2.41. The highest BCUT2D eigenvalue weighted by atomic mass is 16.5. The number of carbonyl (C=O) groups excluding carboxylic acids is 4. The summed E-state index contributed by atoms with van der Waals surface area (Å²) in [5.74, 6) is -3.00. The molecule has 2 aliphatic rings. The number of ether oxygens (including phenoxy) is 1. The average molecular weight is 495 g/mol. The smallest absolute Gasteiger partial charge is 0.231 e. The predicted octanol–water partition coefficient (Wildman–Crippen LogP) is 2.48. The average Bonchev–Trinajstić information content (AvgIpc) is 3.32. The molecule has 2 heterocycles. The van der Waals surface area contributed by atoms with Crippen LogP contribution in [0.3, 0.4) is 0 Å². The lowest BCUT2D eigenvalue weighted by molar-refractivity contribution is -0.123. The van der Waals surface area contributed by atoms with Crippen molar-refractivity contribution in [2.24, 2.45) is 0 Å². The van der Waals surface area contributed by atoms with Crippen molar-refractivity contribution in [3.63, 3.8) is 0 Å². The molecule has 0 bridgehead atoms. The van der Waals surface area contributed by atoms with Gasteiger partial charge >= 0.3 is 0 Å². The van der Waals surface area contributed by atoms with Crippen molar-refractivity contribution < 1.29 is 38.7 Å². The summed E-state index contributed by atoms with van der Waals surface area (Å²) >= 11 is 0. The first-order valence-corrected chi connectivity index (χ1v) is 11.1. The number of hydrogen-bond acceptors (Lipinski definition) is 10. The Morgan fingerprint density at radius 2 is 1.83 bits per heavy atom. The molecule has 4 N–H and O–H groups in total. The third-order valence-corrected chi connectivity index (χ3v) is 6.39. The third kappa shape index (κ3) is 3.72. The van der Waals surface area contributed by atoms with E-state index in [1.54, 1.807) is 13.0 Å². The summed E-state index contributed by atoms with van der Waals surface area (Å²) in [5.41, 5.74) is -1.06. The van der Waals surface area contributed by atoms with E-state index in [0.717, 1.165) is 6.08 Å². The maximum Gasteiger partial charge on any atom is 0.231 e. The van der Waals surface area contributed by atoms with E-state index in [1.807, 2.05) is 0 Å². The molecule has 0 fully saturated rings. The maximum atomic E-state index is 13.7. The number of rotatable bonds is 6. The number of Topliss-reactive ketones (excluding diaryl/α,β-unsaturated/α-hetero) is 2. The van der Waals surface area contributed by atoms with Crippen LogP contribution in [0.4, 0.5) is 5.88 Å². The van der Waals surface area contributed by atoms with Crippen LogP contribution in [0.5, 0.6) is 17.2 Å². The first kappa shape index (κ1) is 24.7. The van der Waals surface area contributed by atoms with Crippen molar-refractivity contribution in [3.05, 3.63) is 51.6 Å². The molecule has 11 nitrogen and oxygen atoms in total. The van der Waals surface area contributed by atoms with Gasteiger partial charge in [0.15, 0.2) is 17.3 Å². The molecule has 0 spiro atoms. The van der Waals surface area contributed by atoms with Crippen LogP contribution in [0.25, 0.3) is 0 Å². The van der Waals surface area contributed by atoms with Crippen LogP contribution in [0.1, 0.15) is 54.4 Å². The van der Waals surface area contributed by atoms with E-state index in [9.17, 15) is 29.4 Å². The monoisotopic (exact) mass is 495 g/mol. The van der Waals surface area contributed by atoms with Crippen LogP contribution in [0.15, 0.2) is 33.7 Å². The lowest BCUT2D eigenvalue weighted by atomic mass is 9.70. The molecule has 1 aromatic carbocycles. The van der Waals surface area contributed by atoms with Crippen LogP contribution >= 0.6 is 0 Å². The standard InChI is InChI=1S/C25H25N3O8/c1-10-8-17(36-28-10)27-16(31)6-7-26-12(3)18-14(30)9-15-25(5,24(18)34)20-22(33)11(2)21(32)19(13(4)29)23(20)35-15/h8-9,26,32-33H,6-7H2,1-5H3,(H,27,31). The number of nitrogens with one attached hydrogen (secondary N) is 2. The van der Waals surface area contributed by atoms with Crippen LogP contribution in [0, 0.1) is 13.8 Å². The second-order valence-electron chi connectivity index (χ2n) is 8.94. The molecule has 0 saturated heterocycles. The van der Waals surface area contributed by atoms with Crippen molar-refractivity contribution in [3.8, 4) is 17.2 Å². The zero-order valence-electron chi connectivity index (χ0n) is 20.4. The topological polar surface area (TPSA) is 168 Å². The molecule has 0 saturated carbocycles. The van der Waals surface area contributed by atoms with Gasteiger partial charge in [-0.3, -0.25) is 24.5 Å². The second-order valence-corrected chi connectivity index (χ2v) is 8.94. The van der Waals surface area contributed by atoms with Gasteiger partial charge in [-0.2, -0.15) is 0 Å². The van der Waals surface area contributed by atoms with E-state index < -0.39 is 34.3 Å². The van der Waals surface area contributed by atoms with Gasteiger partial charge < -0.3 is 24.8 Å². The first-order chi connectivity index (χ1) is 16.9. The number of nitrogens with zero attached hydrogens (tertiary/aromatic N) is 1. The molecule has 4 rings (SSSR count). The first-order valence-electron chi connectivity index (χ1n) is 11.1. The van der Waals surface area contributed by atoms with Crippen LogP contribution in [0.2, 0.25) is 0 Å². The van der Waals surface area contributed by atoms with Gasteiger partial charge in [0.1, 0.15) is 34.0 Å². The number of aromatic hydroxyl groups is 2. The molecule has 1 unspecified atom stereocenters. The molecule has 1 aliphatic carbocycles. The Hall–Kier alpha value is -4.41. The fraction of sp³-hybridized carbons (Fsp3) is 0.320. The number of allylic oxidation sites excluding steroid dienone is 4. The van der Waals surface area contributed by atoms with Crippen molar-refractivity contribution in [1.82, 2.24) is 10.5 Å². The Kier molecular flexibility index (Phi) is 5.95. The highest BCUT2D eigenvalue weighted by Crippen LogP contribution is 2.57. The molecule has 1 aromatic heterocycles. The summed E-state index contributed by atoms with van der Waals surface area (Å²) in [5, 5.41) is 30.4. The van der Waals surface area contributed by atoms with E-state index >= 15 is 0 Å². The molecule has 0 radical (unpaired) electrons. The summed E-state index contributed by atoms with van der Waals surface area (Å²) in [7, 11) is 0. The predicted molar refractivity (Wildman–Crippen MR) is 126 cm³/mol. The van der Waals surface area contributed by atoms with Crippen LogP contribution in [-0.4, -0.2) is 45.2 Å². The third-order valence-electron chi connectivity index (χ3n) is 6.39. The number of fused-ring (bicyclic) bond motifs is 3. The molecule has 1 aliphatic heterocycles. The number of phenols is 2. The minimum Gasteiger partial charge on any atom is -0.507 e. The SMILES string of the molecule is CC(=O)c1c(O)c(C)c(O)c2c1OC1=CC(=O)C(=C(C)NCCC(=O)Nc3cc(C)no3)C(=O)C12C. The molecule has 36 heavy (non-hydrogen) atoms. The maximum absolute atomic E-state index is 13.7. The summed E-state index contributed by atoms with van der Waals surface area (Å²) in [4.78, 5) is 51.0. The van der Waals surface area contributed by atoms with Crippen LogP contribution in [-0.2, 0) is 19.8 Å². The second kappa shape index (κ2) is 8.67. The van der Waals surface area contributed by atoms with E-state index in [0.29, 0.717) is 5.69 Å². The fourth-order valence-corrected chi connectivity index (χ4v) is 4.44. The molecule has 1 atom stereocenters. The quantitative estimate of drug-likeness (QED) is 0.265. The fourth-order valence-electron chi connectivity index (χ4n) is 4.44. The number of benzene rings is 1. The van der Waals surface area contributed by atoms with Crippen molar-refractivity contribution in [2.45, 2.75) is 46.5 Å². The highest BCUT2D eigenvalue weighted by Gasteiger charge is 2.56. The number of anilines is 1. The van der Waals surface area contributed by atoms with Gasteiger partial charge in [0, 0.05) is 36.4 Å². The molecule has 1 amide bonds. The molecule has 188 valence electrons. The molecular weight excluding hydrogens is 470 g/mol. The Balaban J connectivity index is 1.63. The minimum atomic E-state index is -1.60. The van der Waals surface area contributed by atoms with E-state index in [1.165, 1.54) is 27.7 Å². The van der Waals surface area contributed by atoms with Gasteiger partial charge in [-0.1, -0.05) is 5.16 Å². The number of phenolic OH excluding ortho intramolecular Hbond substituents is 2. The van der Waals surface area contributed by atoms with E-state index in [-0.39, 0.29) is 64.2 Å². The number of amides is 1. The molecule has 2 aromatic rings. The van der Waals surface area contributed by atoms with Crippen molar-refractivity contribution >= 4 is 29.1 Å². The van der Waals surface area contributed by atoms with Crippen molar-refractivity contribution in [1.29, 1.82) is 0 Å².